The average Bonchev–Trinajstić information content (AvgIpc) is 2.49. The molecule has 0 radical (unpaired) electrons. The highest BCUT2D eigenvalue weighted by molar-refractivity contribution is 5.82. The van der Waals surface area contributed by atoms with Gasteiger partial charge in [0.2, 0.25) is 6.43 Å². The summed E-state index contributed by atoms with van der Waals surface area (Å²) in [6.07, 6.45) is 3.87. The third-order valence-electron chi connectivity index (χ3n) is 3.39. The highest BCUT2D eigenvalue weighted by Crippen LogP contribution is 2.19. The third-order valence-corrected chi connectivity index (χ3v) is 3.39. The predicted octanol–water partition coefficient (Wildman–Crippen LogP) is 4.46. The number of methoxy groups -OCH3 is 1. The van der Waals surface area contributed by atoms with Crippen LogP contribution in [0.5, 0.6) is 0 Å². The second kappa shape index (κ2) is 11.8. The Bertz CT molecular complexity index is 433. The van der Waals surface area contributed by atoms with Gasteiger partial charge in [0, 0.05) is 0 Å². The van der Waals surface area contributed by atoms with Crippen molar-refractivity contribution in [2.45, 2.75) is 77.9 Å². The second-order valence-corrected chi connectivity index (χ2v) is 6.84. The Hall–Kier alpha value is -1.66. The summed E-state index contributed by atoms with van der Waals surface area (Å²) in [5, 5.41) is 2.20. The number of halogens is 2. The van der Waals surface area contributed by atoms with Crippen LogP contribution in [0.1, 0.15) is 59.8 Å². The average molecular weight is 363 g/mol. The second-order valence-electron chi connectivity index (χ2n) is 6.84. The number of ether oxygens (including phenoxy) is 2. The first kappa shape index (κ1) is 23.3. The smallest absolute Gasteiger partial charge is 0.408 e. The van der Waals surface area contributed by atoms with Crippen molar-refractivity contribution in [1.82, 2.24) is 5.32 Å². The number of nitrogens with one attached hydrogen (secondary N) is 1. The fourth-order valence-corrected chi connectivity index (χ4v) is 2.16. The molecule has 7 heteroatoms. The molecule has 0 fully saturated rings. The molecule has 0 aromatic rings. The molecule has 5 nitrogen and oxygen atoms in total. The molecule has 2 atom stereocenters. The first-order chi connectivity index (χ1) is 11.6. The van der Waals surface area contributed by atoms with Crippen molar-refractivity contribution < 1.29 is 27.8 Å². The number of hydrogen-bond donors (Lipinski definition) is 1. The number of unbranched alkanes of at least 4 members (excludes halogenated alkanes) is 4. The Labute approximate surface area is 149 Å². The number of alkyl carbamates (subject to hydrolysis) is 1. The summed E-state index contributed by atoms with van der Waals surface area (Å²) in [5.74, 6) is -2.42. The maximum atomic E-state index is 13.4. The summed E-state index contributed by atoms with van der Waals surface area (Å²) >= 11 is 0. The normalized spacial score (nSPS) is 14.4. The topological polar surface area (TPSA) is 64.6 Å². The molecule has 0 unspecified atom stereocenters. The van der Waals surface area contributed by atoms with E-state index in [1.165, 1.54) is 6.08 Å². The summed E-state index contributed by atoms with van der Waals surface area (Å²) in [4.78, 5) is 23.7. The standard InChI is InChI=1S/C18H31F2NO4/c1-6-7-8-9-10-11-12-13(15(19)20)14(16(22)24-5)21-17(23)25-18(2,3)4/h11-15H,6-10H2,1-5H3,(H,21,23)/b12-11+/t13-,14+/m1/s1. The number of carbonyl (C=O) groups is 2. The molecular formula is C18H31F2NO4. The molecule has 0 heterocycles. The lowest BCUT2D eigenvalue weighted by Gasteiger charge is -2.25. The van der Waals surface area contributed by atoms with Crippen molar-refractivity contribution >= 4 is 12.1 Å². The Balaban J connectivity index is 4.98. The number of esters is 1. The van der Waals surface area contributed by atoms with E-state index < -0.39 is 36.0 Å². The molecule has 0 aliphatic rings. The first-order valence-electron chi connectivity index (χ1n) is 8.64. The number of allylic oxidation sites excluding steroid dienone is 1. The molecule has 0 aliphatic heterocycles. The molecule has 146 valence electrons. The van der Waals surface area contributed by atoms with Gasteiger partial charge in [0.1, 0.15) is 11.6 Å². The number of rotatable bonds is 10. The molecule has 1 amide bonds. The Morgan fingerprint density at radius 2 is 1.80 bits per heavy atom. The van der Waals surface area contributed by atoms with Crippen LogP contribution in [0.4, 0.5) is 13.6 Å². The molecule has 0 rings (SSSR count). The quantitative estimate of drug-likeness (QED) is 0.353. The lowest BCUT2D eigenvalue weighted by molar-refractivity contribution is -0.145. The highest BCUT2D eigenvalue weighted by atomic mass is 19.3. The molecule has 0 saturated carbocycles. The lowest BCUT2D eigenvalue weighted by Crippen LogP contribution is -2.49. The summed E-state index contributed by atoms with van der Waals surface area (Å²) in [6, 6.07) is -1.51. The van der Waals surface area contributed by atoms with Crippen LogP contribution in [-0.4, -0.2) is 37.2 Å². The molecule has 0 aromatic carbocycles. The van der Waals surface area contributed by atoms with Crippen LogP contribution in [0.25, 0.3) is 0 Å². The summed E-state index contributed by atoms with van der Waals surface area (Å²) < 4.78 is 36.4. The van der Waals surface area contributed by atoms with Crippen LogP contribution < -0.4 is 5.32 Å². The predicted molar refractivity (Wildman–Crippen MR) is 92.6 cm³/mol. The van der Waals surface area contributed by atoms with E-state index in [1.807, 2.05) is 0 Å². The first-order valence-corrected chi connectivity index (χ1v) is 8.64. The van der Waals surface area contributed by atoms with E-state index in [0.29, 0.717) is 6.42 Å². The van der Waals surface area contributed by atoms with Gasteiger partial charge in [-0.2, -0.15) is 0 Å². The molecule has 0 spiro atoms. The Morgan fingerprint density at radius 3 is 2.28 bits per heavy atom. The Morgan fingerprint density at radius 1 is 1.16 bits per heavy atom. The van der Waals surface area contributed by atoms with Crippen LogP contribution in [0.2, 0.25) is 0 Å². The molecule has 0 saturated heterocycles. The van der Waals surface area contributed by atoms with Crippen LogP contribution in [-0.2, 0) is 14.3 Å². The fourth-order valence-electron chi connectivity index (χ4n) is 2.16. The molecule has 1 N–H and O–H groups in total. The van der Waals surface area contributed by atoms with E-state index in [1.54, 1.807) is 26.8 Å². The molecule has 0 aliphatic carbocycles. The van der Waals surface area contributed by atoms with Gasteiger partial charge in [-0.15, -0.1) is 0 Å². The van der Waals surface area contributed by atoms with Crippen LogP contribution >= 0.6 is 0 Å². The number of carbonyl (C=O) groups excluding carboxylic acids is 2. The van der Waals surface area contributed by atoms with Crippen LogP contribution in [0.3, 0.4) is 0 Å². The largest absolute Gasteiger partial charge is 0.467 e. The molecule has 0 bridgehead atoms. The van der Waals surface area contributed by atoms with Gasteiger partial charge in [-0.3, -0.25) is 0 Å². The van der Waals surface area contributed by atoms with Crippen LogP contribution in [0, 0.1) is 5.92 Å². The molecular weight excluding hydrogens is 332 g/mol. The zero-order valence-corrected chi connectivity index (χ0v) is 15.8. The van der Waals surface area contributed by atoms with E-state index in [9.17, 15) is 18.4 Å². The molecule has 25 heavy (non-hydrogen) atoms. The van der Waals surface area contributed by atoms with Gasteiger partial charge in [-0.1, -0.05) is 38.3 Å². The van der Waals surface area contributed by atoms with E-state index in [-0.39, 0.29) is 0 Å². The van der Waals surface area contributed by atoms with Crippen molar-refractivity contribution in [1.29, 1.82) is 0 Å². The number of amides is 1. The van der Waals surface area contributed by atoms with E-state index in [2.05, 4.69) is 17.0 Å². The zero-order valence-electron chi connectivity index (χ0n) is 15.8. The van der Waals surface area contributed by atoms with Crippen molar-refractivity contribution in [3.8, 4) is 0 Å². The van der Waals surface area contributed by atoms with Crippen LogP contribution in [0.15, 0.2) is 12.2 Å². The van der Waals surface area contributed by atoms with Gasteiger partial charge in [0.05, 0.1) is 13.0 Å². The minimum Gasteiger partial charge on any atom is -0.467 e. The Kier molecular flexibility index (Phi) is 11.0. The van der Waals surface area contributed by atoms with E-state index in [0.717, 1.165) is 32.8 Å². The maximum absolute atomic E-state index is 13.4. The van der Waals surface area contributed by atoms with Gasteiger partial charge in [0.25, 0.3) is 0 Å². The minimum absolute atomic E-state index is 0.642. The third kappa shape index (κ3) is 10.7. The SMILES string of the molecule is CCCCCC/C=C/[C@@H](C(F)F)[C@H](NC(=O)OC(C)(C)C)C(=O)OC. The highest BCUT2D eigenvalue weighted by Gasteiger charge is 2.36. The van der Waals surface area contributed by atoms with Gasteiger partial charge in [0.15, 0.2) is 0 Å². The summed E-state index contributed by atoms with van der Waals surface area (Å²) in [6.45, 7) is 7.01. The minimum atomic E-state index is -2.83. The van der Waals surface area contributed by atoms with Crippen molar-refractivity contribution in [3.63, 3.8) is 0 Å². The van der Waals surface area contributed by atoms with Gasteiger partial charge >= 0.3 is 12.1 Å². The number of alkyl halides is 2. The summed E-state index contributed by atoms with van der Waals surface area (Å²) in [7, 11) is 1.09. The lowest BCUT2D eigenvalue weighted by atomic mass is 9.98. The fraction of sp³-hybridized carbons (Fsp3) is 0.778. The van der Waals surface area contributed by atoms with Gasteiger partial charge < -0.3 is 14.8 Å². The molecule has 0 aromatic heterocycles. The number of hydrogen-bond acceptors (Lipinski definition) is 4. The van der Waals surface area contributed by atoms with E-state index >= 15 is 0 Å². The zero-order chi connectivity index (χ0) is 19.5. The summed E-state index contributed by atoms with van der Waals surface area (Å²) in [5.41, 5.74) is -0.805. The van der Waals surface area contributed by atoms with Gasteiger partial charge in [-0.05, 0) is 33.6 Å². The maximum Gasteiger partial charge on any atom is 0.408 e. The van der Waals surface area contributed by atoms with Crippen molar-refractivity contribution in [2.24, 2.45) is 5.92 Å². The monoisotopic (exact) mass is 363 g/mol. The van der Waals surface area contributed by atoms with Crippen molar-refractivity contribution in [2.75, 3.05) is 7.11 Å². The van der Waals surface area contributed by atoms with Crippen molar-refractivity contribution in [3.05, 3.63) is 12.2 Å². The van der Waals surface area contributed by atoms with Gasteiger partial charge in [-0.25, -0.2) is 18.4 Å². The van der Waals surface area contributed by atoms with E-state index in [4.69, 9.17) is 4.74 Å².